The van der Waals surface area contributed by atoms with Gasteiger partial charge in [0.25, 0.3) is 5.56 Å². The fourth-order valence-electron chi connectivity index (χ4n) is 2.75. The third kappa shape index (κ3) is 3.67. The van der Waals surface area contributed by atoms with Gasteiger partial charge in [-0.2, -0.15) is 5.10 Å². The lowest BCUT2D eigenvalue weighted by Crippen LogP contribution is -2.28. The maximum Gasteiger partial charge on any atom is 0.333 e. The van der Waals surface area contributed by atoms with E-state index in [2.05, 4.69) is 25.9 Å². The molecule has 0 amide bonds. The van der Waals surface area contributed by atoms with Gasteiger partial charge >= 0.3 is 5.97 Å². The fourth-order valence-corrected chi connectivity index (χ4v) is 2.75. The molecule has 0 bridgehead atoms. The summed E-state index contributed by atoms with van der Waals surface area (Å²) < 4.78 is 6.57. The van der Waals surface area contributed by atoms with Gasteiger partial charge in [0.1, 0.15) is 12.3 Å². The number of esters is 1. The van der Waals surface area contributed by atoms with E-state index in [0.29, 0.717) is 11.1 Å². The molecule has 0 saturated heterocycles. The predicted octanol–water partition coefficient (Wildman–Crippen LogP) is 3.61. The van der Waals surface area contributed by atoms with Crippen molar-refractivity contribution in [1.29, 1.82) is 0 Å². The van der Waals surface area contributed by atoms with Gasteiger partial charge in [0.2, 0.25) is 0 Å². The lowest BCUT2D eigenvalue weighted by molar-refractivity contribution is -0.135. The van der Waals surface area contributed by atoms with E-state index in [0.717, 1.165) is 15.6 Å². The Kier molecular flexibility index (Phi) is 4.64. The van der Waals surface area contributed by atoms with E-state index >= 15 is 0 Å². The molecule has 0 fully saturated rings. The second kappa shape index (κ2) is 6.75. The van der Waals surface area contributed by atoms with E-state index in [9.17, 15) is 9.59 Å². The average molecular weight is 350 g/mol. The van der Waals surface area contributed by atoms with Crippen LogP contribution in [0.25, 0.3) is 10.8 Å². The molecule has 1 heterocycles. The van der Waals surface area contributed by atoms with E-state index in [1.165, 1.54) is 5.56 Å². The van der Waals surface area contributed by atoms with Gasteiger partial charge in [-0.05, 0) is 35.6 Å². The highest BCUT2D eigenvalue weighted by Gasteiger charge is 2.16. The third-order valence-corrected chi connectivity index (χ3v) is 4.31. The maximum absolute atomic E-state index is 12.4. The molecule has 0 N–H and O–H groups in total. The molecule has 0 radical (unpaired) electrons. The van der Waals surface area contributed by atoms with Crippen molar-refractivity contribution in [2.75, 3.05) is 0 Å². The van der Waals surface area contributed by atoms with Crippen LogP contribution in [0.15, 0.2) is 53.5 Å². The zero-order valence-electron chi connectivity index (χ0n) is 15.4. The second-order valence-electron chi connectivity index (χ2n) is 7.40. The highest BCUT2D eigenvalue weighted by atomic mass is 16.5. The SMILES string of the molecule is Cc1cc(C(C)(C)C)ccc1OC(=O)Cn1ncc2ccccc2c1=O. The van der Waals surface area contributed by atoms with E-state index < -0.39 is 5.97 Å². The molecular formula is C21H22N2O3. The first-order chi connectivity index (χ1) is 12.3. The van der Waals surface area contributed by atoms with Crippen LogP contribution in [0.1, 0.15) is 31.9 Å². The van der Waals surface area contributed by atoms with Crippen LogP contribution >= 0.6 is 0 Å². The van der Waals surface area contributed by atoms with Gasteiger partial charge in [-0.25, -0.2) is 9.48 Å². The summed E-state index contributed by atoms with van der Waals surface area (Å²) in [5, 5.41) is 5.33. The Morgan fingerprint density at radius 2 is 1.88 bits per heavy atom. The monoisotopic (exact) mass is 350 g/mol. The number of nitrogens with zero attached hydrogens (tertiary/aromatic N) is 2. The van der Waals surface area contributed by atoms with Crippen molar-refractivity contribution in [2.24, 2.45) is 0 Å². The summed E-state index contributed by atoms with van der Waals surface area (Å²) in [5.41, 5.74) is 1.77. The molecule has 134 valence electrons. The predicted molar refractivity (Wildman–Crippen MR) is 102 cm³/mol. The number of carbonyl (C=O) groups excluding carboxylic acids is 1. The van der Waals surface area contributed by atoms with Gasteiger partial charge in [0.15, 0.2) is 0 Å². The Hall–Kier alpha value is -2.95. The molecule has 0 atom stereocenters. The van der Waals surface area contributed by atoms with Crippen LogP contribution in [0.5, 0.6) is 5.75 Å². The highest BCUT2D eigenvalue weighted by molar-refractivity contribution is 5.80. The zero-order chi connectivity index (χ0) is 18.9. The number of carbonyl (C=O) groups is 1. The van der Waals surface area contributed by atoms with Crippen LogP contribution in [0.4, 0.5) is 0 Å². The Morgan fingerprint density at radius 1 is 1.15 bits per heavy atom. The number of rotatable bonds is 3. The maximum atomic E-state index is 12.4. The Bertz CT molecular complexity index is 1030. The quantitative estimate of drug-likeness (QED) is 0.535. The molecule has 0 aliphatic carbocycles. The first-order valence-corrected chi connectivity index (χ1v) is 8.52. The average Bonchev–Trinajstić information content (AvgIpc) is 2.58. The molecule has 5 heteroatoms. The number of benzene rings is 2. The van der Waals surface area contributed by atoms with Crippen LogP contribution in [0.3, 0.4) is 0 Å². The number of aryl methyl sites for hydroxylation is 1. The topological polar surface area (TPSA) is 61.2 Å². The molecule has 1 aromatic heterocycles. The number of hydrogen-bond acceptors (Lipinski definition) is 4. The van der Waals surface area contributed by atoms with E-state index in [1.807, 2.05) is 31.2 Å². The lowest BCUT2D eigenvalue weighted by atomic mass is 9.86. The normalized spacial score (nSPS) is 11.5. The molecule has 0 aliphatic heterocycles. The molecule has 2 aromatic carbocycles. The van der Waals surface area contributed by atoms with Crippen LogP contribution in [0.2, 0.25) is 0 Å². The van der Waals surface area contributed by atoms with Crippen LogP contribution in [-0.4, -0.2) is 15.7 Å². The third-order valence-electron chi connectivity index (χ3n) is 4.31. The summed E-state index contributed by atoms with van der Waals surface area (Å²) in [5.74, 6) is -0.0293. The van der Waals surface area contributed by atoms with Crippen LogP contribution in [0, 0.1) is 6.92 Å². The van der Waals surface area contributed by atoms with E-state index in [-0.39, 0.29) is 17.5 Å². The molecule has 5 nitrogen and oxygen atoms in total. The Labute approximate surface area is 152 Å². The largest absolute Gasteiger partial charge is 0.425 e. The molecule has 0 unspecified atom stereocenters. The molecule has 0 spiro atoms. The number of hydrogen-bond donors (Lipinski definition) is 0. The van der Waals surface area contributed by atoms with Crippen molar-refractivity contribution in [2.45, 2.75) is 39.7 Å². The summed E-state index contributed by atoms with van der Waals surface area (Å²) in [4.78, 5) is 24.7. The van der Waals surface area contributed by atoms with Crippen molar-refractivity contribution in [3.8, 4) is 5.75 Å². The Morgan fingerprint density at radius 3 is 2.58 bits per heavy atom. The van der Waals surface area contributed by atoms with Crippen LogP contribution < -0.4 is 10.3 Å². The van der Waals surface area contributed by atoms with Gasteiger partial charge in [-0.1, -0.05) is 51.1 Å². The van der Waals surface area contributed by atoms with Crippen LogP contribution in [-0.2, 0) is 16.8 Å². The zero-order valence-corrected chi connectivity index (χ0v) is 15.4. The molecule has 3 rings (SSSR count). The van der Waals surface area contributed by atoms with Crippen molar-refractivity contribution < 1.29 is 9.53 Å². The number of aromatic nitrogens is 2. The number of fused-ring (bicyclic) bond motifs is 1. The number of ether oxygens (including phenoxy) is 1. The molecule has 3 aromatic rings. The standard InChI is InChI=1S/C21H22N2O3/c1-14-11-16(21(2,3)4)9-10-18(14)26-19(24)13-23-20(25)17-8-6-5-7-15(17)12-22-23/h5-12H,13H2,1-4H3. The smallest absolute Gasteiger partial charge is 0.333 e. The second-order valence-corrected chi connectivity index (χ2v) is 7.40. The van der Waals surface area contributed by atoms with Crippen molar-refractivity contribution >= 4 is 16.7 Å². The first kappa shape index (κ1) is 17.9. The summed E-state index contributed by atoms with van der Waals surface area (Å²) in [7, 11) is 0. The minimum atomic E-state index is -0.526. The Balaban J connectivity index is 1.80. The fraction of sp³-hybridized carbons (Fsp3) is 0.286. The minimum absolute atomic E-state index is 0.0234. The van der Waals surface area contributed by atoms with Crippen molar-refractivity contribution in [3.63, 3.8) is 0 Å². The highest BCUT2D eigenvalue weighted by Crippen LogP contribution is 2.27. The molecule has 0 aliphatic rings. The van der Waals surface area contributed by atoms with E-state index in [4.69, 9.17) is 4.74 Å². The minimum Gasteiger partial charge on any atom is -0.425 e. The lowest BCUT2D eigenvalue weighted by Gasteiger charge is -2.20. The molecular weight excluding hydrogens is 328 g/mol. The van der Waals surface area contributed by atoms with Gasteiger partial charge < -0.3 is 4.74 Å². The van der Waals surface area contributed by atoms with Gasteiger partial charge in [-0.3, -0.25) is 4.79 Å². The van der Waals surface area contributed by atoms with Crippen molar-refractivity contribution in [1.82, 2.24) is 9.78 Å². The summed E-state index contributed by atoms with van der Waals surface area (Å²) in [6.07, 6.45) is 1.58. The summed E-state index contributed by atoms with van der Waals surface area (Å²) in [6, 6.07) is 12.9. The van der Waals surface area contributed by atoms with Gasteiger partial charge in [0, 0.05) is 5.39 Å². The van der Waals surface area contributed by atoms with Gasteiger partial charge in [-0.15, -0.1) is 0 Å². The summed E-state index contributed by atoms with van der Waals surface area (Å²) >= 11 is 0. The van der Waals surface area contributed by atoms with Crippen molar-refractivity contribution in [3.05, 3.63) is 70.1 Å². The molecule has 26 heavy (non-hydrogen) atoms. The van der Waals surface area contributed by atoms with Gasteiger partial charge in [0.05, 0.1) is 11.6 Å². The van der Waals surface area contributed by atoms with E-state index in [1.54, 1.807) is 24.4 Å². The molecule has 0 saturated carbocycles. The summed E-state index contributed by atoms with van der Waals surface area (Å²) in [6.45, 7) is 8.06. The first-order valence-electron chi connectivity index (χ1n) is 8.52.